The zero-order chi connectivity index (χ0) is 14.2. The number of hydrogen-bond acceptors (Lipinski definition) is 3. The van der Waals surface area contributed by atoms with Gasteiger partial charge < -0.3 is 10.2 Å². The van der Waals surface area contributed by atoms with Crippen molar-refractivity contribution in [2.45, 2.75) is 39.7 Å². The molecule has 5 heteroatoms. The first kappa shape index (κ1) is 14.3. The Morgan fingerprint density at radius 1 is 1.47 bits per heavy atom. The number of nitrogens with zero attached hydrogens (tertiary/aromatic N) is 2. The van der Waals surface area contributed by atoms with Crippen LogP contribution in [0.1, 0.15) is 41.4 Å². The Hall–Kier alpha value is -1.07. The van der Waals surface area contributed by atoms with Crippen LogP contribution < -0.4 is 5.73 Å². The number of rotatable bonds is 4. The van der Waals surface area contributed by atoms with E-state index in [0.29, 0.717) is 0 Å². The first-order valence-electron chi connectivity index (χ1n) is 6.46. The molecule has 1 atom stereocenters. The molecule has 2 rings (SSSR count). The second-order valence-electron chi connectivity index (χ2n) is 4.86. The summed E-state index contributed by atoms with van der Waals surface area (Å²) in [5, 5.41) is 4.49. The smallest absolute Gasteiger partial charge is 0.105 e. The molecule has 0 spiro atoms. The average molecular weight is 326 g/mol. The molecule has 0 saturated carbocycles. The van der Waals surface area contributed by atoms with E-state index in [1.807, 2.05) is 31.6 Å². The highest BCUT2D eigenvalue weighted by Gasteiger charge is 2.19. The predicted octanol–water partition coefficient (Wildman–Crippen LogP) is 3.20. The van der Waals surface area contributed by atoms with Gasteiger partial charge in [-0.2, -0.15) is 5.10 Å². The van der Waals surface area contributed by atoms with Crippen LogP contribution in [0.2, 0.25) is 0 Å². The van der Waals surface area contributed by atoms with Crippen LogP contribution in [0.15, 0.2) is 15.0 Å². The predicted molar refractivity (Wildman–Crippen MR) is 79.1 cm³/mol. The fourth-order valence-corrected chi connectivity index (χ4v) is 3.16. The van der Waals surface area contributed by atoms with Crippen LogP contribution >= 0.6 is 15.9 Å². The van der Waals surface area contributed by atoms with E-state index >= 15 is 0 Å². The summed E-state index contributed by atoms with van der Waals surface area (Å²) in [5.41, 5.74) is 9.58. The molecule has 2 aromatic heterocycles. The van der Waals surface area contributed by atoms with Crippen molar-refractivity contribution < 1.29 is 4.42 Å². The quantitative estimate of drug-likeness (QED) is 0.939. The minimum Gasteiger partial charge on any atom is -0.466 e. The van der Waals surface area contributed by atoms with Crippen molar-refractivity contribution >= 4 is 15.9 Å². The van der Waals surface area contributed by atoms with Gasteiger partial charge in [0.15, 0.2) is 0 Å². The van der Waals surface area contributed by atoms with Crippen LogP contribution in [-0.2, 0) is 19.9 Å². The standard InChI is InChI=1S/C14H20BrN3O/c1-5-12-14(15)13(18(4)17-12)7-11(16)10-6-8(2)19-9(10)3/h6,11H,5,7,16H2,1-4H3. The fraction of sp³-hybridized carbons (Fsp3) is 0.500. The molecular formula is C14H20BrN3O. The van der Waals surface area contributed by atoms with Gasteiger partial charge in [-0.05, 0) is 42.3 Å². The molecule has 0 saturated heterocycles. The maximum absolute atomic E-state index is 6.31. The zero-order valence-corrected chi connectivity index (χ0v) is 13.4. The highest BCUT2D eigenvalue weighted by atomic mass is 79.9. The van der Waals surface area contributed by atoms with Gasteiger partial charge >= 0.3 is 0 Å². The Kier molecular flexibility index (Phi) is 4.16. The lowest BCUT2D eigenvalue weighted by atomic mass is 10.0. The minimum atomic E-state index is -0.0751. The lowest BCUT2D eigenvalue weighted by Gasteiger charge is -2.11. The van der Waals surface area contributed by atoms with Crippen molar-refractivity contribution in [1.29, 1.82) is 0 Å². The maximum Gasteiger partial charge on any atom is 0.105 e. The second-order valence-corrected chi connectivity index (χ2v) is 5.66. The minimum absolute atomic E-state index is 0.0751. The van der Waals surface area contributed by atoms with Gasteiger partial charge in [0, 0.05) is 25.1 Å². The van der Waals surface area contributed by atoms with Crippen LogP contribution in [0, 0.1) is 13.8 Å². The maximum atomic E-state index is 6.31. The van der Waals surface area contributed by atoms with Crippen LogP contribution in [0.4, 0.5) is 0 Å². The molecule has 0 fully saturated rings. The van der Waals surface area contributed by atoms with Crippen molar-refractivity contribution in [3.05, 3.63) is 39.0 Å². The molecule has 1 unspecified atom stereocenters. The van der Waals surface area contributed by atoms with E-state index in [0.717, 1.165) is 45.8 Å². The van der Waals surface area contributed by atoms with Crippen LogP contribution in [0.3, 0.4) is 0 Å². The third kappa shape index (κ3) is 2.77. The molecule has 0 aliphatic heterocycles. The number of nitrogens with two attached hydrogens (primary N) is 1. The van der Waals surface area contributed by atoms with E-state index in [2.05, 4.69) is 28.0 Å². The summed E-state index contributed by atoms with van der Waals surface area (Å²) in [6.07, 6.45) is 1.65. The molecule has 0 aliphatic carbocycles. The van der Waals surface area contributed by atoms with Crippen molar-refractivity contribution in [3.63, 3.8) is 0 Å². The van der Waals surface area contributed by atoms with Crippen LogP contribution in [-0.4, -0.2) is 9.78 Å². The number of aromatic nitrogens is 2. The summed E-state index contributed by atoms with van der Waals surface area (Å²) in [7, 11) is 1.96. The first-order valence-corrected chi connectivity index (χ1v) is 7.26. The molecule has 2 N–H and O–H groups in total. The van der Waals surface area contributed by atoms with Crippen molar-refractivity contribution in [2.75, 3.05) is 0 Å². The van der Waals surface area contributed by atoms with E-state index in [1.54, 1.807) is 0 Å². The lowest BCUT2D eigenvalue weighted by molar-refractivity contribution is 0.496. The van der Waals surface area contributed by atoms with Gasteiger partial charge in [-0.3, -0.25) is 4.68 Å². The molecule has 2 aromatic rings. The van der Waals surface area contributed by atoms with Crippen molar-refractivity contribution in [3.8, 4) is 0 Å². The Morgan fingerprint density at radius 3 is 2.63 bits per heavy atom. The molecule has 0 radical (unpaired) electrons. The summed E-state index contributed by atoms with van der Waals surface area (Å²) in [4.78, 5) is 0. The molecule has 0 aliphatic rings. The second kappa shape index (κ2) is 5.51. The van der Waals surface area contributed by atoms with E-state index < -0.39 is 0 Å². The normalized spacial score (nSPS) is 12.9. The Bertz CT molecular complexity index is 586. The summed E-state index contributed by atoms with van der Waals surface area (Å²) in [5.74, 6) is 1.81. The van der Waals surface area contributed by atoms with E-state index in [4.69, 9.17) is 10.2 Å². The zero-order valence-electron chi connectivity index (χ0n) is 11.8. The SMILES string of the molecule is CCc1nn(C)c(CC(N)c2cc(C)oc2C)c1Br. The number of hydrogen-bond donors (Lipinski definition) is 1. The van der Waals surface area contributed by atoms with Gasteiger partial charge in [0.05, 0.1) is 15.9 Å². The van der Waals surface area contributed by atoms with Crippen molar-refractivity contribution in [2.24, 2.45) is 12.8 Å². The summed E-state index contributed by atoms with van der Waals surface area (Å²) < 4.78 is 8.53. The highest BCUT2D eigenvalue weighted by molar-refractivity contribution is 9.10. The van der Waals surface area contributed by atoms with Gasteiger partial charge in [-0.1, -0.05) is 6.92 Å². The van der Waals surface area contributed by atoms with Crippen molar-refractivity contribution in [1.82, 2.24) is 9.78 Å². The Labute approximate surface area is 122 Å². The molecule has 2 heterocycles. The van der Waals surface area contributed by atoms with Crippen LogP contribution in [0.25, 0.3) is 0 Å². The first-order chi connectivity index (χ1) is 8.93. The third-order valence-electron chi connectivity index (χ3n) is 3.40. The van der Waals surface area contributed by atoms with Crippen LogP contribution in [0.5, 0.6) is 0 Å². The van der Waals surface area contributed by atoms with E-state index in [9.17, 15) is 0 Å². The molecule has 0 bridgehead atoms. The number of furan rings is 1. The molecular weight excluding hydrogens is 306 g/mol. The van der Waals surface area contributed by atoms with Gasteiger partial charge in [0.1, 0.15) is 11.5 Å². The van der Waals surface area contributed by atoms with Gasteiger partial charge in [-0.25, -0.2) is 0 Å². The molecule has 0 amide bonds. The van der Waals surface area contributed by atoms with Gasteiger partial charge in [0.25, 0.3) is 0 Å². The number of halogens is 1. The fourth-order valence-electron chi connectivity index (χ4n) is 2.38. The molecule has 0 aromatic carbocycles. The van der Waals surface area contributed by atoms with E-state index in [1.165, 1.54) is 0 Å². The Morgan fingerprint density at radius 2 is 2.16 bits per heavy atom. The monoisotopic (exact) mass is 325 g/mol. The molecule has 19 heavy (non-hydrogen) atoms. The Balaban J connectivity index is 2.26. The largest absolute Gasteiger partial charge is 0.466 e. The molecule has 4 nitrogen and oxygen atoms in total. The van der Waals surface area contributed by atoms with Gasteiger partial charge in [-0.15, -0.1) is 0 Å². The molecule has 104 valence electrons. The summed E-state index contributed by atoms with van der Waals surface area (Å²) in [6.45, 7) is 6.00. The summed E-state index contributed by atoms with van der Waals surface area (Å²) >= 11 is 3.62. The third-order valence-corrected chi connectivity index (χ3v) is 4.31. The summed E-state index contributed by atoms with van der Waals surface area (Å²) in [6, 6.07) is 1.94. The average Bonchev–Trinajstić information content (AvgIpc) is 2.82. The topological polar surface area (TPSA) is 57.0 Å². The highest BCUT2D eigenvalue weighted by Crippen LogP contribution is 2.28. The van der Waals surface area contributed by atoms with E-state index in [-0.39, 0.29) is 6.04 Å². The van der Waals surface area contributed by atoms with Gasteiger partial charge in [0.2, 0.25) is 0 Å². The lowest BCUT2D eigenvalue weighted by Crippen LogP contribution is -2.16. The number of aryl methyl sites for hydroxylation is 4.